The summed E-state index contributed by atoms with van der Waals surface area (Å²) in [6, 6.07) is 16.7. The van der Waals surface area contributed by atoms with Crippen LogP contribution in [0.2, 0.25) is 0 Å². The first-order chi connectivity index (χ1) is 13.4. The van der Waals surface area contributed by atoms with E-state index in [1.165, 1.54) is 24.8 Å². The maximum atomic E-state index is 4.70. The summed E-state index contributed by atoms with van der Waals surface area (Å²) < 4.78 is 0. The molecule has 0 spiro atoms. The van der Waals surface area contributed by atoms with Gasteiger partial charge in [-0.1, -0.05) is 36.4 Å². The summed E-state index contributed by atoms with van der Waals surface area (Å²) >= 11 is 0. The van der Waals surface area contributed by atoms with Crippen LogP contribution in [0.25, 0.3) is 0 Å². The summed E-state index contributed by atoms with van der Waals surface area (Å²) in [6.45, 7) is 2.75. The van der Waals surface area contributed by atoms with Crippen molar-refractivity contribution in [2.75, 3.05) is 23.3 Å². The summed E-state index contributed by atoms with van der Waals surface area (Å²) in [5.74, 6) is 2.43. The SMILES string of the molecule is c1ccc(CC2CCN(c3nccc(NCc4cccnc4)n3)CC2)cc1. The number of nitrogens with zero attached hydrogens (tertiary/aromatic N) is 4. The van der Waals surface area contributed by atoms with Gasteiger partial charge in [0, 0.05) is 38.2 Å². The Morgan fingerprint density at radius 2 is 1.74 bits per heavy atom. The van der Waals surface area contributed by atoms with Gasteiger partial charge >= 0.3 is 0 Å². The van der Waals surface area contributed by atoms with E-state index in [2.05, 4.69) is 56.6 Å². The zero-order valence-corrected chi connectivity index (χ0v) is 15.5. The molecule has 1 saturated heterocycles. The van der Waals surface area contributed by atoms with E-state index in [-0.39, 0.29) is 0 Å². The van der Waals surface area contributed by atoms with Gasteiger partial charge in [0.1, 0.15) is 5.82 Å². The minimum Gasteiger partial charge on any atom is -0.366 e. The minimum atomic E-state index is 0.712. The van der Waals surface area contributed by atoms with Gasteiger partial charge in [-0.05, 0) is 48.4 Å². The van der Waals surface area contributed by atoms with Crippen LogP contribution in [0.3, 0.4) is 0 Å². The predicted molar refractivity (Wildman–Crippen MR) is 109 cm³/mol. The van der Waals surface area contributed by atoms with Gasteiger partial charge in [0.15, 0.2) is 0 Å². The van der Waals surface area contributed by atoms with Gasteiger partial charge < -0.3 is 10.2 Å². The second-order valence-electron chi connectivity index (χ2n) is 7.08. The molecule has 5 heteroatoms. The molecule has 0 bridgehead atoms. The van der Waals surface area contributed by atoms with E-state index in [9.17, 15) is 0 Å². The molecular formula is C22H25N5. The molecule has 2 aromatic heterocycles. The van der Waals surface area contributed by atoms with Crippen molar-refractivity contribution in [3.05, 3.63) is 78.2 Å². The van der Waals surface area contributed by atoms with Crippen LogP contribution < -0.4 is 10.2 Å². The molecule has 3 heterocycles. The molecule has 0 unspecified atom stereocenters. The average Bonchev–Trinajstić information content (AvgIpc) is 2.75. The number of nitrogens with one attached hydrogen (secondary N) is 1. The monoisotopic (exact) mass is 359 g/mol. The largest absolute Gasteiger partial charge is 0.366 e. The van der Waals surface area contributed by atoms with Crippen molar-refractivity contribution in [2.45, 2.75) is 25.8 Å². The van der Waals surface area contributed by atoms with E-state index in [1.807, 2.05) is 24.5 Å². The highest BCUT2D eigenvalue weighted by Gasteiger charge is 2.21. The fraction of sp³-hybridized carbons (Fsp3) is 0.318. The number of pyridine rings is 1. The molecule has 27 heavy (non-hydrogen) atoms. The van der Waals surface area contributed by atoms with Crippen molar-refractivity contribution >= 4 is 11.8 Å². The first kappa shape index (κ1) is 17.5. The van der Waals surface area contributed by atoms with Gasteiger partial charge in [-0.3, -0.25) is 4.98 Å². The fourth-order valence-electron chi connectivity index (χ4n) is 3.58. The van der Waals surface area contributed by atoms with Crippen LogP contribution in [0, 0.1) is 5.92 Å². The molecule has 0 aliphatic carbocycles. The lowest BCUT2D eigenvalue weighted by molar-refractivity contribution is 0.400. The summed E-state index contributed by atoms with van der Waals surface area (Å²) in [4.78, 5) is 15.6. The third kappa shape index (κ3) is 4.82. The maximum Gasteiger partial charge on any atom is 0.227 e. The Morgan fingerprint density at radius 3 is 2.52 bits per heavy atom. The molecule has 138 valence electrons. The fourth-order valence-corrected chi connectivity index (χ4v) is 3.58. The summed E-state index contributed by atoms with van der Waals surface area (Å²) in [6.07, 6.45) is 9.03. The van der Waals surface area contributed by atoms with Crippen molar-refractivity contribution in [1.29, 1.82) is 0 Å². The molecule has 1 aliphatic rings. The highest BCUT2D eigenvalue weighted by atomic mass is 15.3. The Morgan fingerprint density at radius 1 is 0.926 bits per heavy atom. The van der Waals surface area contributed by atoms with Crippen LogP contribution in [0.5, 0.6) is 0 Å². The first-order valence-electron chi connectivity index (χ1n) is 9.61. The quantitative estimate of drug-likeness (QED) is 0.722. The van der Waals surface area contributed by atoms with E-state index in [0.29, 0.717) is 6.54 Å². The van der Waals surface area contributed by atoms with Gasteiger partial charge in [0.05, 0.1) is 0 Å². The Balaban J connectivity index is 1.32. The second-order valence-corrected chi connectivity index (χ2v) is 7.08. The van der Waals surface area contributed by atoms with E-state index in [0.717, 1.165) is 36.3 Å². The third-order valence-electron chi connectivity index (χ3n) is 5.10. The van der Waals surface area contributed by atoms with Crippen LogP contribution in [-0.2, 0) is 13.0 Å². The van der Waals surface area contributed by atoms with Crippen molar-refractivity contribution in [2.24, 2.45) is 5.92 Å². The predicted octanol–water partition coefficient (Wildman–Crippen LogP) is 3.94. The van der Waals surface area contributed by atoms with Gasteiger partial charge in [0.25, 0.3) is 0 Å². The molecule has 0 atom stereocenters. The average molecular weight is 359 g/mol. The van der Waals surface area contributed by atoms with Crippen molar-refractivity contribution < 1.29 is 0 Å². The van der Waals surface area contributed by atoms with Gasteiger partial charge in [-0.15, -0.1) is 0 Å². The van der Waals surface area contributed by atoms with E-state index >= 15 is 0 Å². The van der Waals surface area contributed by atoms with E-state index in [1.54, 1.807) is 6.20 Å². The van der Waals surface area contributed by atoms with Crippen molar-refractivity contribution in [1.82, 2.24) is 15.0 Å². The Bertz CT molecular complexity index is 830. The minimum absolute atomic E-state index is 0.712. The van der Waals surface area contributed by atoms with Gasteiger partial charge in [-0.2, -0.15) is 4.98 Å². The molecule has 1 aliphatic heterocycles. The maximum absolute atomic E-state index is 4.70. The van der Waals surface area contributed by atoms with Gasteiger partial charge in [-0.25, -0.2) is 4.98 Å². The van der Waals surface area contributed by atoms with Crippen LogP contribution in [0.1, 0.15) is 24.0 Å². The molecule has 0 saturated carbocycles. The molecular weight excluding hydrogens is 334 g/mol. The molecule has 3 aromatic rings. The van der Waals surface area contributed by atoms with Crippen LogP contribution in [-0.4, -0.2) is 28.0 Å². The Hall–Kier alpha value is -2.95. The van der Waals surface area contributed by atoms with Gasteiger partial charge in [0.2, 0.25) is 5.95 Å². The Labute approximate surface area is 160 Å². The van der Waals surface area contributed by atoms with Crippen LogP contribution in [0.4, 0.5) is 11.8 Å². The third-order valence-corrected chi connectivity index (χ3v) is 5.10. The number of hydrogen-bond donors (Lipinski definition) is 1. The number of benzene rings is 1. The molecule has 0 radical (unpaired) electrons. The second kappa shape index (κ2) is 8.62. The van der Waals surface area contributed by atoms with E-state index < -0.39 is 0 Å². The molecule has 1 N–H and O–H groups in total. The van der Waals surface area contributed by atoms with Crippen LogP contribution in [0.15, 0.2) is 67.1 Å². The van der Waals surface area contributed by atoms with E-state index in [4.69, 9.17) is 4.98 Å². The Kier molecular flexibility index (Phi) is 5.58. The van der Waals surface area contributed by atoms with Crippen LogP contribution >= 0.6 is 0 Å². The number of rotatable bonds is 6. The first-order valence-corrected chi connectivity index (χ1v) is 9.61. The molecule has 5 nitrogen and oxygen atoms in total. The van der Waals surface area contributed by atoms with Crippen molar-refractivity contribution in [3.63, 3.8) is 0 Å². The summed E-state index contributed by atoms with van der Waals surface area (Å²) in [7, 11) is 0. The molecule has 1 fully saturated rings. The number of aromatic nitrogens is 3. The standard InChI is InChI=1S/C22H25N5/c1-2-5-18(6-3-1)15-19-9-13-27(14-10-19)22-24-12-8-21(26-22)25-17-20-7-4-11-23-16-20/h1-8,11-12,16,19H,9-10,13-15,17H2,(H,24,25,26). The summed E-state index contributed by atoms with van der Waals surface area (Å²) in [5, 5.41) is 3.36. The summed E-state index contributed by atoms with van der Waals surface area (Å²) in [5.41, 5.74) is 2.58. The molecule has 4 rings (SSSR count). The zero-order valence-electron chi connectivity index (χ0n) is 15.5. The number of anilines is 2. The number of piperidine rings is 1. The lowest BCUT2D eigenvalue weighted by atomic mass is 9.90. The number of hydrogen-bond acceptors (Lipinski definition) is 5. The highest BCUT2D eigenvalue weighted by molar-refractivity contribution is 5.42. The van der Waals surface area contributed by atoms with Crippen molar-refractivity contribution in [3.8, 4) is 0 Å². The highest BCUT2D eigenvalue weighted by Crippen LogP contribution is 2.24. The zero-order chi connectivity index (χ0) is 18.3. The molecule has 1 aromatic carbocycles. The smallest absolute Gasteiger partial charge is 0.227 e. The molecule has 0 amide bonds. The lowest BCUT2D eigenvalue weighted by Crippen LogP contribution is -2.35. The normalized spacial score (nSPS) is 14.9. The lowest BCUT2D eigenvalue weighted by Gasteiger charge is -2.32. The topological polar surface area (TPSA) is 53.9 Å².